The Morgan fingerprint density at radius 3 is 2.61 bits per heavy atom. The molecule has 5 heteroatoms. The van der Waals surface area contributed by atoms with E-state index in [1.807, 2.05) is 74.5 Å². The van der Waals surface area contributed by atoms with Crippen molar-refractivity contribution in [2.45, 2.75) is 30.3 Å². The first-order chi connectivity index (χ1) is 13.6. The zero-order valence-corrected chi connectivity index (χ0v) is 16.5. The predicted octanol–water partition coefficient (Wildman–Crippen LogP) is 5.85. The third-order valence-corrected chi connectivity index (χ3v) is 5.07. The fraction of sp³-hybridized carbons (Fsp3) is 0.130. The van der Waals surface area contributed by atoms with E-state index in [4.69, 9.17) is 4.42 Å². The number of nitrogens with zero attached hydrogens (tertiary/aromatic N) is 1. The molecule has 0 spiro atoms. The fourth-order valence-electron chi connectivity index (χ4n) is 2.62. The third kappa shape index (κ3) is 4.93. The van der Waals surface area contributed by atoms with E-state index in [1.165, 1.54) is 23.4 Å². The molecule has 0 saturated heterocycles. The Hall–Kier alpha value is -3.23. The van der Waals surface area contributed by atoms with Crippen LogP contribution in [0.3, 0.4) is 0 Å². The van der Waals surface area contributed by atoms with Crippen molar-refractivity contribution in [2.75, 3.05) is 5.32 Å². The number of rotatable bonds is 6. The van der Waals surface area contributed by atoms with Gasteiger partial charge >= 0.3 is 0 Å². The first kappa shape index (κ1) is 19.5. The maximum atomic E-state index is 12.5. The summed E-state index contributed by atoms with van der Waals surface area (Å²) in [6.07, 6.45) is 2.25. The average molecular weight is 388 g/mol. The van der Waals surface area contributed by atoms with Gasteiger partial charge in [-0.1, -0.05) is 54.6 Å². The molecule has 1 N–H and O–H groups in total. The Morgan fingerprint density at radius 2 is 1.89 bits per heavy atom. The quantitative estimate of drug-likeness (QED) is 0.425. The predicted molar refractivity (Wildman–Crippen MR) is 112 cm³/mol. The first-order valence-corrected chi connectivity index (χ1v) is 9.76. The first-order valence-electron chi connectivity index (χ1n) is 8.94. The molecule has 0 aliphatic heterocycles. The summed E-state index contributed by atoms with van der Waals surface area (Å²) >= 11 is 1.49. The number of anilines is 1. The highest BCUT2D eigenvalue weighted by molar-refractivity contribution is 7.99. The summed E-state index contributed by atoms with van der Waals surface area (Å²) in [5.41, 5.74) is 2.92. The molecule has 0 radical (unpaired) electrons. The van der Waals surface area contributed by atoms with Gasteiger partial charge in [0.1, 0.15) is 17.4 Å². The summed E-state index contributed by atoms with van der Waals surface area (Å²) in [5, 5.41) is 12.9. The lowest BCUT2D eigenvalue weighted by Gasteiger charge is -2.08. The van der Waals surface area contributed by atoms with Crippen molar-refractivity contribution in [1.82, 2.24) is 0 Å². The number of aryl methyl sites for hydroxylation is 2. The monoisotopic (exact) mass is 388 g/mol. The third-order valence-electron chi connectivity index (χ3n) is 4.14. The van der Waals surface area contributed by atoms with E-state index >= 15 is 0 Å². The Morgan fingerprint density at radius 1 is 1.14 bits per heavy atom. The molecule has 0 atom stereocenters. The van der Waals surface area contributed by atoms with Gasteiger partial charge in [-0.2, -0.15) is 5.26 Å². The van der Waals surface area contributed by atoms with Crippen LogP contribution in [-0.4, -0.2) is 5.91 Å². The van der Waals surface area contributed by atoms with Gasteiger partial charge in [0.05, 0.1) is 0 Å². The molecule has 1 heterocycles. The summed E-state index contributed by atoms with van der Waals surface area (Å²) in [5.74, 6) is 0.0117. The van der Waals surface area contributed by atoms with Gasteiger partial charge in [-0.15, -0.1) is 0 Å². The van der Waals surface area contributed by atoms with Crippen LogP contribution in [0.1, 0.15) is 23.8 Å². The molecule has 3 aromatic rings. The molecular formula is C23H20N2O2S. The maximum Gasteiger partial charge on any atom is 0.266 e. The van der Waals surface area contributed by atoms with Gasteiger partial charge in [-0.25, -0.2) is 0 Å². The van der Waals surface area contributed by atoms with Crippen LogP contribution >= 0.6 is 11.8 Å². The zero-order valence-electron chi connectivity index (χ0n) is 15.7. The number of carbonyl (C=O) groups excluding carboxylic acids is 1. The Balaban J connectivity index is 1.73. The van der Waals surface area contributed by atoms with E-state index in [2.05, 4.69) is 5.32 Å². The summed E-state index contributed by atoms with van der Waals surface area (Å²) in [7, 11) is 0. The molecule has 1 amide bonds. The number of nitrogens with one attached hydrogen (secondary N) is 1. The lowest BCUT2D eigenvalue weighted by atomic mass is 10.1. The van der Waals surface area contributed by atoms with Crippen LogP contribution in [0, 0.1) is 18.3 Å². The minimum absolute atomic E-state index is 0.00728. The van der Waals surface area contributed by atoms with Crippen LogP contribution in [0.25, 0.3) is 6.08 Å². The lowest BCUT2D eigenvalue weighted by Crippen LogP contribution is -2.14. The summed E-state index contributed by atoms with van der Waals surface area (Å²) < 4.78 is 5.75. The number of nitriles is 1. The number of furan rings is 1. The van der Waals surface area contributed by atoms with Crippen LogP contribution in [-0.2, 0) is 11.2 Å². The van der Waals surface area contributed by atoms with Crippen LogP contribution < -0.4 is 5.32 Å². The van der Waals surface area contributed by atoms with E-state index in [-0.39, 0.29) is 5.57 Å². The summed E-state index contributed by atoms with van der Waals surface area (Å²) in [4.78, 5) is 13.6. The van der Waals surface area contributed by atoms with Gasteiger partial charge in [0.15, 0.2) is 5.09 Å². The van der Waals surface area contributed by atoms with Gasteiger partial charge < -0.3 is 9.73 Å². The average Bonchev–Trinajstić information content (AvgIpc) is 3.15. The molecule has 0 aliphatic carbocycles. The van der Waals surface area contributed by atoms with Crippen molar-refractivity contribution >= 4 is 29.4 Å². The Bertz CT molecular complexity index is 1040. The zero-order chi connectivity index (χ0) is 19.9. The van der Waals surface area contributed by atoms with E-state index in [0.717, 1.165) is 16.9 Å². The van der Waals surface area contributed by atoms with Crippen LogP contribution in [0.2, 0.25) is 0 Å². The highest BCUT2D eigenvalue weighted by atomic mass is 32.2. The number of amides is 1. The standard InChI is InChI=1S/C23H20N2O2S/c1-3-17-6-4-5-7-21(17)25-23(26)18(15-24)14-19-10-13-22(27-19)28-20-11-8-16(2)9-12-20/h4-14H,3H2,1-2H3,(H,25,26). The van der Waals surface area contributed by atoms with E-state index in [1.54, 1.807) is 6.07 Å². The largest absolute Gasteiger partial charge is 0.450 e. The number of benzene rings is 2. The van der Waals surface area contributed by atoms with E-state index < -0.39 is 5.91 Å². The fourth-order valence-corrected chi connectivity index (χ4v) is 3.40. The Kier molecular flexibility index (Phi) is 6.36. The van der Waals surface area contributed by atoms with E-state index in [9.17, 15) is 10.1 Å². The van der Waals surface area contributed by atoms with Gasteiger partial charge in [0, 0.05) is 16.7 Å². The van der Waals surface area contributed by atoms with Gasteiger partial charge in [-0.05, 0) is 49.2 Å². The van der Waals surface area contributed by atoms with Gasteiger partial charge in [-0.3, -0.25) is 4.79 Å². The van der Waals surface area contributed by atoms with Gasteiger partial charge in [0.25, 0.3) is 5.91 Å². The van der Waals surface area contributed by atoms with Crippen LogP contribution in [0.15, 0.2) is 80.6 Å². The van der Waals surface area contributed by atoms with Crippen molar-refractivity contribution in [1.29, 1.82) is 5.26 Å². The second kappa shape index (κ2) is 9.12. The molecule has 0 fully saturated rings. The highest BCUT2D eigenvalue weighted by Gasteiger charge is 2.13. The Labute approximate surface area is 168 Å². The number of carbonyl (C=O) groups is 1. The molecule has 2 aromatic carbocycles. The number of para-hydroxylation sites is 1. The normalized spacial score (nSPS) is 11.1. The molecule has 3 rings (SSSR count). The van der Waals surface area contributed by atoms with Crippen molar-refractivity contribution in [2.24, 2.45) is 0 Å². The molecule has 0 saturated carbocycles. The minimum atomic E-state index is -0.451. The maximum absolute atomic E-state index is 12.5. The summed E-state index contributed by atoms with van der Waals surface area (Å²) in [6.45, 7) is 4.06. The second-order valence-corrected chi connectivity index (χ2v) is 7.28. The topological polar surface area (TPSA) is 66.0 Å². The van der Waals surface area contributed by atoms with Crippen LogP contribution in [0.5, 0.6) is 0 Å². The van der Waals surface area contributed by atoms with Crippen molar-refractivity contribution < 1.29 is 9.21 Å². The molecule has 140 valence electrons. The molecule has 0 aliphatic rings. The molecule has 0 bridgehead atoms. The second-order valence-electron chi connectivity index (χ2n) is 6.21. The molecule has 1 aromatic heterocycles. The molecule has 0 unspecified atom stereocenters. The molecule has 28 heavy (non-hydrogen) atoms. The minimum Gasteiger partial charge on any atom is -0.450 e. The molecule has 4 nitrogen and oxygen atoms in total. The van der Waals surface area contributed by atoms with E-state index in [0.29, 0.717) is 16.5 Å². The smallest absolute Gasteiger partial charge is 0.266 e. The van der Waals surface area contributed by atoms with Gasteiger partial charge in [0.2, 0.25) is 0 Å². The van der Waals surface area contributed by atoms with Crippen LogP contribution in [0.4, 0.5) is 5.69 Å². The number of hydrogen-bond acceptors (Lipinski definition) is 4. The SMILES string of the molecule is CCc1ccccc1NC(=O)C(C#N)=Cc1ccc(Sc2ccc(C)cc2)o1. The lowest BCUT2D eigenvalue weighted by molar-refractivity contribution is -0.112. The van der Waals surface area contributed by atoms with Crippen molar-refractivity contribution in [3.05, 3.63) is 83.1 Å². The highest BCUT2D eigenvalue weighted by Crippen LogP contribution is 2.30. The number of hydrogen-bond donors (Lipinski definition) is 1. The molecular weight excluding hydrogens is 368 g/mol. The summed E-state index contributed by atoms with van der Waals surface area (Å²) in [6, 6.07) is 21.2. The van der Waals surface area contributed by atoms with Crippen molar-refractivity contribution in [3.8, 4) is 6.07 Å². The van der Waals surface area contributed by atoms with Crippen molar-refractivity contribution in [3.63, 3.8) is 0 Å².